The predicted molar refractivity (Wildman–Crippen MR) is 76.2 cm³/mol. The van der Waals surface area contributed by atoms with Gasteiger partial charge < -0.3 is 14.6 Å². The topological polar surface area (TPSA) is 64.4 Å². The van der Waals surface area contributed by atoms with E-state index in [1.54, 1.807) is 0 Å². The standard InChI is InChI=1S/C13H21BrN2O3/c1-5-6-10(11-7-9(8-14)19-16-11)15-12(17)18-13(2,3)4/h7,10H,5-6,8H2,1-4H3,(H,15,17). The second kappa shape index (κ2) is 6.93. The smallest absolute Gasteiger partial charge is 0.408 e. The molecule has 1 heterocycles. The van der Waals surface area contributed by atoms with Crippen molar-refractivity contribution in [2.75, 3.05) is 0 Å². The second-order valence-corrected chi connectivity index (χ2v) is 5.90. The number of alkyl carbamates (subject to hydrolysis) is 1. The Morgan fingerprint density at radius 1 is 1.58 bits per heavy atom. The highest BCUT2D eigenvalue weighted by Gasteiger charge is 2.22. The highest BCUT2D eigenvalue weighted by atomic mass is 79.9. The Balaban J connectivity index is 2.69. The van der Waals surface area contributed by atoms with Crippen LogP contribution in [0.1, 0.15) is 58.0 Å². The fraction of sp³-hybridized carbons (Fsp3) is 0.692. The molecule has 6 heteroatoms. The largest absolute Gasteiger partial charge is 0.444 e. The van der Waals surface area contributed by atoms with Crippen molar-refractivity contribution in [3.63, 3.8) is 0 Å². The van der Waals surface area contributed by atoms with E-state index < -0.39 is 11.7 Å². The molecule has 0 aliphatic heterocycles. The minimum atomic E-state index is -0.508. The van der Waals surface area contributed by atoms with Gasteiger partial charge in [0.05, 0.1) is 11.4 Å². The van der Waals surface area contributed by atoms with Crippen LogP contribution in [0.5, 0.6) is 0 Å². The van der Waals surface area contributed by atoms with E-state index in [9.17, 15) is 4.79 Å². The van der Waals surface area contributed by atoms with Crippen LogP contribution >= 0.6 is 15.9 Å². The molecule has 0 fully saturated rings. The molecule has 0 aliphatic rings. The SMILES string of the molecule is CCCC(NC(=O)OC(C)(C)C)c1cc(CBr)on1. The Morgan fingerprint density at radius 3 is 2.74 bits per heavy atom. The van der Waals surface area contributed by atoms with Crippen LogP contribution in [0.4, 0.5) is 4.79 Å². The first-order chi connectivity index (χ1) is 8.85. The van der Waals surface area contributed by atoms with Crippen LogP contribution in [0.25, 0.3) is 0 Å². The molecule has 1 aromatic heterocycles. The lowest BCUT2D eigenvalue weighted by Gasteiger charge is -2.22. The van der Waals surface area contributed by atoms with Crippen molar-refractivity contribution in [3.8, 4) is 0 Å². The number of nitrogens with one attached hydrogen (secondary N) is 1. The summed E-state index contributed by atoms with van der Waals surface area (Å²) in [7, 11) is 0. The zero-order valence-electron chi connectivity index (χ0n) is 11.8. The highest BCUT2D eigenvalue weighted by molar-refractivity contribution is 9.08. The number of ether oxygens (including phenoxy) is 1. The van der Waals surface area contributed by atoms with Gasteiger partial charge in [-0.25, -0.2) is 4.79 Å². The molecule has 5 nitrogen and oxygen atoms in total. The molecular formula is C13H21BrN2O3. The molecule has 1 unspecified atom stereocenters. The first-order valence-corrected chi connectivity index (χ1v) is 7.49. The molecular weight excluding hydrogens is 312 g/mol. The lowest BCUT2D eigenvalue weighted by Crippen LogP contribution is -2.35. The zero-order chi connectivity index (χ0) is 14.5. The van der Waals surface area contributed by atoms with Gasteiger partial charge in [-0.1, -0.05) is 34.4 Å². The normalized spacial score (nSPS) is 13.1. The van der Waals surface area contributed by atoms with Gasteiger partial charge in [-0.2, -0.15) is 0 Å². The molecule has 0 saturated heterocycles. The van der Waals surface area contributed by atoms with E-state index in [-0.39, 0.29) is 6.04 Å². The molecule has 0 radical (unpaired) electrons. The third kappa shape index (κ3) is 5.63. The van der Waals surface area contributed by atoms with Crippen LogP contribution in [0.2, 0.25) is 0 Å². The van der Waals surface area contributed by atoms with Crippen LogP contribution in [-0.2, 0) is 10.1 Å². The molecule has 0 bridgehead atoms. The van der Waals surface area contributed by atoms with E-state index in [0.717, 1.165) is 24.3 Å². The van der Waals surface area contributed by atoms with Gasteiger partial charge in [0.25, 0.3) is 0 Å². The minimum absolute atomic E-state index is 0.184. The number of nitrogens with zero attached hydrogens (tertiary/aromatic N) is 1. The molecule has 0 aromatic carbocycles. The quantitative estimate of drug-likeness (QED) is 0.829. The van der Waals surface area contributed by atoms with Gasteiger partial charge in [0.2, 0.25) is 0 Å². The summed E-state index contributed by atoms with van der Waals surface area (Å²) >= 11 is 3.30. The molecule has 108 valence electrons. The van der Waals surface area contributed by atoms with Gasteiger partial charge in [-0.15, -0.1) is 0 Å². The summed E-state index contributed by atoms with van der Waals surface area (Å²) in [5, 5.41) is 7.41. The van der Waals surface area contributed by atoms with Crippen molar-refractivity contribution < 1.29 is 14.1 Å². The van der Waals surface area contributed by atoms with Crippen LogP contribution in [0, 0.1) is 0 Å². The van der Waals surface area contributed by atoms with Gasteiger partial charge in [0.1, 0.15) is 17.1 Å². The van der Waals surface area contributed by atoms with Crippen molar-refractivity contribution in [2.45, 2.75) is 57.5 Å². The number of alkyl halides is 1. The highest BCUT2D eigenvalue weighted by Crippen LogP contribution is 2.20. The average molecular weight is 333 g/mol. The van der Waals surface area contributed by atoms with Gasteiger partial charge in [-0.05, 0) is 27.2 Å². The maximum Gasteiger partial charge on any atom is 0.408 e. The molecule has 1 amide bonds. The van der Waals surface area contributed by atoms with Crippen molar-refractivity contribution in [1.29, 1.82) is 0 Å². The first kappa shape index (κ1) is 16.0. The van der Waals surface area contributed by atoms with Gasteiger partial charge >= 0.3 is 6.09 Å². The van der Waals surface area contributed by atoms with E-state index in [4.69, 9.17) is 9.26 Å². The van der Waals surface area contributed by atoms with E-state index in [1.807, 2.05) is 26.8 Å². The molecule has 0 saturated carbocycles. The third-order valence-corrected chi connectivity index (χ3v) is 2.89. The summed E-state index contributed by atoms with van der Waals surface area (Å²) in [6.07, 6.45) is 1.28. The van der Waals surface area contributed by atoms with Gasteiger partial charge in [0.15, 0.2) is 0 Å². The molecule has 0 aliphatic carbocycles. The predicted octanol–water partition coefficient (Wildman–Crippen LogP) is 3.94. The van der Waals surface area contributed by atoms with E-state index in [1.165, 1.54) is 0 Å². The van der Waals surface area contributed by atoms with Gasteiger partial charge in [0, 0.05) is 6.07 Å². The molecule has 1 atom stereocenters. The fourth-order valence-electron chi connectivity index (χ4n) is 1.59. The van der Waals surface area contributed by atoms with E-state index in [2.05, 4.69) is 33.3 Å². The lowest BCUT2D eigenvalue weighted by atomic mass is 10.1. The minimum Gasteiger partial charge on any atom is -0.444 e. The van der Waals surface area contributed by atoms with Crippen molar-refractivity contribution >= 4 is 22.0 Å². The summed E-state index contributed by atoms with van der Waals surface area (Å²) < 4.78 is 10.4. The van der Waals surface area contributed by atoms with Crippen LogP contribution in [0.3, 0.4) is 0 Å². The number of halogens is 1. The second-order valence-electron chi connectivity index (χ2n) is 5.34. The number of carbonyl (C=O) groups excluding carboxylic acids is 1. The van der Waals surface area contributed by atoms with E-state index >= 15 is 0 Å². The summed E-state index contributed by atoms with van der Waals surface area (Å²) in [4.78, 5) is 11.8. The number of rotatable bonds is 5. The number of hydrogen-bond donors (Lipinski definition) is 1. The van der Waals surface area contributed by atoms with Crippen LogP contribution in [-0.4, -0.2) is 16.9 Å². The molecule has 19 heavy (non-hydrogen) atoms. The number of aromatic nitrogens is 1. The van der Waals surface area contributed by atoms with E-state index in [0.29, 0.717) is 5.33 Å². The van der Waals surface area contributed by atoms with Crippen molar-refractivity contribution in [2.24, 2.45) is 0 Å². The molecule has 1 N–H and O–H groups in total. The fourth-order valence-corrected chi connectivity index (χ4v) is 1.85. The first-order valence-electron chi connectivity index (χ1n) is 6.36. The van der Waals surface area contributed by atoms with Gasteiger partial charge in [-0.3, -0.25) is 0 Å². The van der Waals surface area contributed by atoms with Crippen LogP contribution < -0.4 is 5.32 Å². The number of hydrogen-bond acceptors (Lipinski definition) is 4. The summed E-state index contributed by atoms with van der Waals surface area (Å²) in [6.45, 7) is 7.55. The Labute approximate surface area is 122 Å². The Kier molecular flexibility index (Phi) is 5.85. The molecule has 0 spiro atoms. The summed E-state index contributed by atoms with van der Waals surface area (Å²) in [5.74, 6) is 0.738. The summed E-state index contributed by atoms with van der Waals surface area (Å²) in [5.41, 5.74) is 0.216. The third-order valence-electron chi connectivity index (χ3n) is 2.33. The number of carbonyl (C=O) groups is 1. The maximum absolute atomic E-state index is 11.8. The lowest BCUT2D eigenvalue weighted by molar-refractivity contribution is 0.0499. The van der Waals surface area contributed by atoms with Crippen molar-refractivity contribution in [1.82, 2.24) is 10.5 Å². The maximum atomic E-state index is 11.8. The van der Waals surface area contributed by atoms with Crippen LogP contribution in [0.15, 0.2) is 10.6 Å². The number of amides is 1. The van der Waals surface area contributed by atoms with Crippen molar-refractivity contribution in [3.05, 3.63) is 17.5 Å². The average Bonchev–Trinajstić information content (AvgIpc) is 2.74. The monoisotopic (exact) mass is 332 g/mol. The Bertz CT molecular complexity index is 412. The summed E-state index contributed by atoms with van der Waals surface area (Å²) in [6, 6.07) is 1.66. The Morgan fingerprint density at radius 2 is 2.26 bits per heavy atom. The zero-order valence-corrected chi connectivity index (χ0v) is 13.4. The Hall–Kier alpha value is -1.04. The molecule has 1 aromatic rings. The molecule has 1 rings (SSSR count).